The van der Waals surface area contributed by atoms with E-state index >= 15 is 0 Å². The van der Waals surface area contributed by atoms with Crippen LogP contribution < -0.4 is 14.8 Å². The fraction of sp³-hybridized carbons (Fsp3) is 0.667. The van der Waals surface area contributed by atoms with Gasteiger partial charge >= 0.3 is 6.01 Å². The summed E-state index contributed by atoms with van der Waals surface area (Å²) in [5.74, 6) is 0.640. The molecular weight excluding hydrogens is 232 g/mol. The van der Waals surface area contributed by atoms with Crippen LogP contribution in [0.25, 0.3) is 0 Å². The predicted molar refractivity (Wildman–Crippen MR) is 68.0 cm³/mol. The zero-order valence-corrected chi connectivity index (χ0v) is 11.2. The van der Waals surface area contributed by atoms with Gasteiger partial charge in [0.2, 0.25) is 5.88 Å². The van der Waals surface area contributed by atoms with Gasteiger partial charge in [-0.15, -0.1) is 0 Å². The van der Waals surface area contributed by atoms with Crippen molar-refractivity contribution < 1.29 is 9.47 Å². The van der Waals surface area contributed by atoms with Gasteiger partial charge in [-0.2, -0.15) is 9.97 Å². The van der Waals surface area contributed by atoms with Gasteiger partial charge in [0.1, 0.15) is 6.61 Å². The molecule has 0 saturated heterocycles. The molecule has 1 aliphatic rings. The molecule has 1 aliphatic heterocycles. The van der Waals surface area contributed by atoms with Crippen LogP contribution in [0, 0.1) is 0 Å². The molecule has 2 heterocycles. The van der Waals surface area contributed by atoms with Crippen molar-refractivity contribution in [1.82, 2.24) is 20.2 Å². The van der Waals surface area contributed by atoms with E-state index in [1.165, 1.54) is 0 Å². The maximum Gasteiger partial charge on any atom is 0.320 e. The first-order valence-corrected chi connectivity index (χ1v) is 6.12. The molecule has 0 unspecified atom stereocenters. The number of hydrogen-bond acceptors (Lipinski definition) is 6. The van der Waals surface area contributed by atoms with Crippen LogP contribution in [0.3, 0.4) is 0 Å². The summed E-state index contributed by atoms with van der Waals surface area (Å²) < 4.78 is 10.9. The summed E-state index contributed by atoms with van der Waals surface area (Å²) in [6.07, 6.45) is 0.899. The van der Waals surface area contributed by atoms with Gasteiger partial charge in [0.15, 0.2) is 0 Å². The van der Waals surface area contributed by atoms with Crippen LogP contribution in [0.1, 0.15) is 11.3 Å². The molecule has 0 amide bonds. The fourth-order valence-electron chi connectivity index (χ4n) is 1.86. The Kier molecular flexibility index (Phi) is 4.33. The van der Waals surface area contributed by atoms with E-state index in [4.69, 9.17) is 9.47 Å². The maximum absolute atomic E-state index is 5.55. The topological polar surface area (TPSA) is 59.5 Å². The number of ether oxygens (including phenoxy) is 2. The van der Waals surface area contributed by atoms with Gasteiger partial charge in [-0.1, -0.05) is 0 Å². The first-order chi connectivity index (χ1) is 8.70. The minimum atomic E-state index is 0.399. The number of methoxy groups -OCH3 is 1. The smallest absolute Gasteiger partial charge is 0.320 e. The Morgan fingerprint density at radius 2 is 2.17 bits per heavy atom. The molecule has 0 aromatic carbocycles. The van der Waals surface area contributed by atoms with Gasteiger partial charge in [0, 0.05) is 18.7 Å². The molecular formula is C12H20N4O2. The Morgan fingerprint density at radius 3 is 2.89 bits per heavy atom. The molecule has 0 spiro atoms. The monoisotopic (exact) mass is 252 g/mol. The van der Waals surface area contributed by atoms with E-state index < -0.39 is 0 Å². The summed E-state index contributed by atoms with van der Waals surface area (Å²) in [7, 11) is 5.64. The van der Waals surface area contributed by atoms with Gasteiger partial charge in [-0.25, -0.2) is 0 Å². The molecule has 18 heavy (non-hydrogen) atoms. The molecule has 1 aromatic rings. The molecule has 6 nitrogen and oxygen atoms in total. The summed E-state index contributed by atoms with van der Waals surface area (Å²) in [5, 5.41) is 3.28. The van der Waals surface area contributed by atoms with Gasteiger partial charge in [-0.3, -0.25) is 0 Å². The van der Waals surface area contributed by atoms with Crippen molar-refractivity contribution in [3.63, 3.8) is 0 Å². The summed E-state index contributed by atoms with van der Waals surface area (Å²) >= 11 is 0. The SMILES string of the molecule is COc1nc(OCCN(C)C)nc2c1CCNC2. The quantitative estimate of drug-likeness (QED) is 0.800. The van der Waals surface area contributed by atoms with Crippen molar-refractivity contribution in [2.45, 2.75) is 13.0 Å². The Bertz CT molecular complexity index is 392. The molecule has 6 heteroatoms. The van der Waals surface area contributed by atoms with Crippen molar-refractivity contribution in [3.05, 3.63) is 11.3 Å². The molecule has 0 aliphatic carbocycles. The minimum absolute atomic E-state index is 0.399. The highest BCUT2D eigenvalue weighted by Gasteiger charge is 2.18. The van der Waals surface area contributed by atoms with Crippen LogP contribution in [0.15, 0.2) is 0 Å². The maximum atomic E-state index is 5.55. The average molecular weight is 252 g/mol. The lowest BCUT2D eigenvalue weighted by Gasteiger charge is -2.19. The summed E-state index contributed by atoms with van der Waals surface area (Å²) in [6, 6.07) is 0.399. The largest absolute Gasteiger partial charge is 0.481 e. The zero-order chi connectivity index (χ0) is 13.0. The lowest BCUT2D eigenvalue weighted by atomic mass is 10.1. The van der Waals surface area contributed by atoms with Crippen molar-refractivity contribution in [2.75, 3.05) is 40.9 Å². The van der Waals surface area contributed by atoms with Crippen molar-refractivity contribution in [3.8, 4) is 11.9 Å². The Balaban J connectivity index is 2.11. The number of aromatic nitrogens is 2. The van der Waals surface area contributed by atoms with Crippen LogP contribution in [0.4, 0.5) is 0 Å². The van der Waals surface area contributed by atoms with E-state index in [-0.39, 0.29) is 0 Å². The highest BCUT2D eigenvalue weighted by Crippen LogP contribution is 2.24. The van der Waals surface area contributed by atoms with E-state index in [9.17, 15) is 0 Å². The fourth-order valence-corrected chi connectivity index (χ4v) is 1.86. The average Bonchev–Trinajstić information content (AvgIpc) is 2.37. The second kappa shape index (κ2) is 5.97. The van der Waals surface area contributed by atoms with Gasteiger partial charge in [-0.05, 0) is 27.1 Å². The third-order valence-corrected chi connectivity index (χ3v) is 2.84. The lowest BCUT2D eigenvalue weighted by molar-refractivity contribution is 0.240. The summed E-state index contributed by atoms with van der Waals surface area (Å²) in [4.78, 5) is 10.8. The number of likely N-dealkylation sites (N-methyl/N-ethyl adjacent to an activating group) is 1. The van der Waals surface area contributed by atoms with Crippen molar-refractivity contribution in [1.29, 1.82) is 0 Å². The Hall–Kier alpha value is -1.40. The third kappa shape index (κ3) is 3.08. The van der Waals surface area contributed by atoms with Crippen molar-refractivity contribution in [2.24, 2.45) is 0 Å². The van der Waals surface area contributed by atoms with Crippen LogP contribution in [0.2, 0.25) is 0 Å². The third-order valence-electron chi connectivity index (χ3n) is 2.84. The molecule has 1 aromatic heterocycles. The van der Waals surface area contributed by atoms with Crippen LogP contribution in [0.5, 0.6) is 11.9 Å². The molecule has 0 bridgehead atoms. The molecule has 100 valence electrons. The second-order valence-corrected chi connectivity index (χ2v) is 4.52. The van der Waals surface area contributed by atoms with Gasteiger partial charge < -0.3 is 19.7 Å². The van der Waals surface area contributed by atoms with E-state index in [1.54, 1.807) is 7.11 Å². The van der Waals surface area contributed by atoms with Crippen molar-refractivity contribution >= 4 is 0 Å². The van der Waals surface area contributed by atoms with E-state index in [2.05, 4.69) is 20.2 Å². The number of nitrogens with zero attached hydrogens (tertiary/aromatic N) is 3. The van der Waals surface area contributed by atoms with Crippen LogP contribution in [-0.4, -0.2) is 55.8 Å². The summed E-state index contributed by atoms with van der Waals surface area (Å²) in [6.45, 7) is 3.09. The van der Waals surface area contributed by atoms with Gasteiger partial charge in [0.25, 0.3) is 0 Å². The van der Waals surface area contributed by atoms with Crippen LogP contribution >= 0.6 is 0 Å². The highest BCUT2D eigenvalue weighted by molar-refractivity contribution is 5.34. The van der Waals surface area contributed by atoms with Crippen LogP contribution in [-0.2, 0) is 13.0 Å². The Labute approximate surface area is 107 Å². The summed E-state index contributed by atoms with van der Waals surface area (Å²) in [5.41, 5.74) is 2.07. The van der Waals surface area contributed by atoms with Gasteiger partial charge in [0.05, 0.1) is 12.8 Å². The molecule has 0 saturated carbocycles. The number of fused-ring (bicyclic) bond motifs is 1. The molecule has 0 fully saturated rings. The zero-order valence-electron chi connectivity index (χ0n) is 11.2. The number of rotatable bonds is 5. The first-order valence-electron chi connectivity index (χ1n) is 6.12. The minimum Gasteiger partial charge on any atom is -0.481 e. The first kappa shape index (κ1) is 13.0. The molecule has 2 rings (SSSR count). The second-order valence-electron chi connectivity index (χ2n) is 4.52. The highest BCUT2D eigenvalue weighted by atomic mass is 16.5. The molecule has 0 radical (unpaired) electrons. The lowest BCUT2D eigenvalue weighted by Crippen LogP contribution is -2.26. The molecule has 0 atom stereocenters. The molecule has 1 N–H and O–H groups in total. The van der Waals surface area contributed by atoms with E-state index in [0.29, 0.717) is 18.5 Å². The van der Waals surface area contributed by atoms with E-state index in [0.717, 1.165) is 37.3 Å². The van der Waals surface area contributed by atoms with E-state index in [1.807, 2.05) is 14.1 Å². The number of hydrogen-bond donors (Lipinski definition) is 1. The Morgan fingerprint density at radius 1 is 1.33 bits per heavy atom. The number of nitrogens with one attached hydrogen (secondary N) is 1. The standard InChI is InChI=1S/C12H20N4O2/c1-16(2)6-7-18-12-14-10-8-13-5-4-9(10)11(15-12)17-3/h13H,4-8H2,1-3H3. The normalized spacial score (nSPS) is 14.4. The predicted octanol–water partition coefficient (Wildman–Crippen LogP) is 0.0713.